The Balaban J connectivity index is 1.98. The van der Waals surface area contributed by atoms with Gasteiger partial charge in [0.15, 0.2) is 0 Å². The second-order valence-electron chi connectivity index (χ2n) is 6.04. The molecular weight excluding hydrogens is 322 g/mol. The minimum atomic E-state index is 1.04. The fraction of sp³-hybridized carbons (Fsp3) is 0.500. The molecule has 0 spiro atoms. The third-order valence-corrected chi connectivity index (χ3v) is 6.65. The van der Waals surface area contributed by atoms with Crippen LogP contribution in [0.3, 0.4) is 0 Å². The molecule has 0 amide bonds. The predicted octanol–water partition coefficient (Wildman–Crippen LogP) is 5.18. The van der Waals surface area contributed by atoms with E-state index in [0.29, 0.717) is 0 Å². The Kier molecular flexibility index (Phi) is 4.24. The molecule has 3 heterocycles. The number of hydrogen-bond acceptors (Lipinski definition) is 5. The van der Waals surface area contributed by atoms with Crippen LogP contribution in [0.4, 0.5) is 0 Å². The summed E-state index contributed by atoms with van der Waals surface area (Å²) in [5.74, 6) is 1.04. The Hall–Kier alpha value is -1.20. The Labute approximate surface area is 144 Å². The second kappa shape index (κ2) is 6.36. The van der Waals surface area contributed by atoms with Crippen LogP contribution < -0.4 is 0 Å². The molecular formula is C18H21N3S2. The van der Waals surface area contributed by atoms with E-state index in [1.54, 1.807) is 29.4 Å². The fourth-order valence-electron chi connectivity index (χ4n) is 3.55. The van der Waals surface area contributed by atoms with Gasteiger partial charge in [0.25, 0.3) is 0 Å². The van der Waals surface area contributed by atoms with Crippen LogP contribution in [0.25, 0.3) is 20.4 Å². The zero-order valence-corrected chi connectivity index (χ0v) is 15.3. The van der Waals surface area contributed by atoms with E-state index >= 15 is 0 Å². The molecule has 0 radical (unpaired) electrons. The van der Waals surface area contributed by atoms with Crippen molar-refractivity contribution in [3.63, 3.8) is 0 Å². The first-order chi connectivity index (χ1) is 11.3. The highest BCUT2D eigenvalue weighted by atomic mass is 32.2. The summed E-state index contributed by atoms with van der Waals surface area (Å²) in [5, 5.41) is 2.43. The van der Waals surface area contributed by atoms with Gasteiger partial charge in [-0.15, -0.1) is 23.1 Å². The lowest BCUT2D eigenvalue weighted by Gasteiger charge is -2.08. The number of pyridine rings is 1. The molecule has 0 bridgehead atoms. The fourth-order valence-corrected chi connectivity index (χ4v) is 5.53. The molecule has 5 heteroatoms. The van der Waals surface area contributed by atoms with Gasteiger partial charge in [0, 0.05) is 11.1 Å². The van der Waals surface area contributed by atoms with Gasteiger partial charge in [-0.3, -0.25) is 0 Å². The van der Waals surface area contributed by atoms with E-state index in [2.05, 4.69) is 23.8 Å². The molecule has 120 valence electrons. The van der Waals surface area contributed by atoms with Crippen molar-refractivity contribution in [3.8, 4) is 0 Å². The van der Waals surface area contributed by atoms with Gasteiger partial charge in [-0.05, 0) is 49.0 Å². The highest BCUT2D eigenvalue weighted by Crippen LogP contribution is 2.41. The number of aryl methyl sites for hydroxylation is 2. The van der Waals surface area contributed by atoms with E-state index in [4.69, 9.17) is 4.98 Å². The molecule has 0 saturated heterocycles. The van der Waals surface area contributed by atoms with Crippen molar-refractivity contribution >= 4 is 43.5 Å². The average molecular weight is 344 g/mol. The number of fused-ring (bicyclic) bond motifs is 5. The lowest BCUT2D eigenvalue weighted by molar-refractivity contribution is 0.770. The molecule has 1 aliphatic rings. The lowest BCUT2D eigenvalue weighted by Crippen LogP contribution is -1.98. The summed E-state index contributed by atoms with van der Waals surface area (Å²) < 4.78 is 1.23. The Bertz CT molecular complexity index is 870. The van der Waals surface area contributed by atoms with Gasteiger partial charge in [0.1, 0.15) is 16.2 Å². The summed E-state index contributed by atoms with van der Waals surface area (Å²) in [6.07, 6.45) is 8.92. The molecule has 0 fully saturated rings. The van der Waals surface area contributed by atoms with Crippen molar-refractivity contribution in [1.29, 1.82) is 0 Å². The van der Waals surface area contributed by atoms with Gasteiger partial charge in [0.2, 0.25) is 0 Å². The molecule has 3 aromatic heterocycles. The average Bonchev–Trinajstić information content (AvgIpc) is 3.17. The molecule has 0 N–H and O–H groups in total. The summed E-state index contributed by atoms with van der Waals surface area (Å²) in [4.78, 5) is 15.4. The van der Waals surface area contributed by atoms with Crippen LogP contribution >= 0.6 is 23.1 Å². The van der Waals surface area contributed by atoms with E-state index in [-0.39, 0.29) is 0 Å². The van der Waals surface area contributed by atoms with Gasteiger partial charge in [-0.1, -0.05) is 20.3 Å². The summed E-state index contributed by atoms with van der Waals surface area (Å²) in [5.41, 5.74) is 5.52. The second-order valence-corrected chi connectivity index (χ2v) is 8.30. The van der Waals surface area contributed by atoms with Crippen molar-refractivity contribution in [3.05, 3.63) is 23.1 Å². The number of aromatic nitrogens is 3. The predicted molar refractivity (Wildman–Crippen MR) is 99.8 cm³/mol. The molecule has 3 nitrogen and oxygen atoms in total. The van der Waals surface area contributed by atoms with Gasteiger partial charge in [-0.25, -0.2) is 15.0 Å². The topological polar surface area (TPSA) is 38.7 Å². The zero-order chi connectivity index (χ0) is 15.8. The molecule has 23 heavy (non-hydrogen) atoms. The third kappa shape index (κ3) is 2.54. The third-order valence-electron chi connectivity index (χ3n) is 4.57. The number of thioether (sulfide) groups is 1. The lowest BCUT2D eigenvalue weighted by atomic mass is 10.0. The van der Waals surface area contributed by atoms with E-state index in [1.807, 2.05) is 0 Å². The van der Waals surface area contributed by atoms with Crippen molar-refractivity contribution in [2.45, 2.75) is 57.4 Å². The van der Waals surface area contributed by atoms with Gasteiger partial charge in [0.05, 0.1) is 10.2 Å². The summed E-state index contributed by atoms with van der Waals surface area (Å²) in [6.45, 7) is 4.42. The minimum absolute atomic E-state index is 1.04. The molecule has 0 saturated carbocycles. The van der Waals surface area contributed by atoms with Crippen LogP contribution in [0, 0.1) is 0 Å². The first-order valence-corrected chi connectivity index (χ1v) is 10.3. The Morgan fingerprint density at radius 3 is 2.87 bits per heavy atom. The number of unbranched alkanes of at least 4 members (excludes halogenated alkanes) is 1. The van der Waals surface area contributed by atoms with Gasteiger partial charge in [-0.2, -0.15) is 0 Å². The number of rotatable bonds is 5. The SMILES string of the molecule is CCCCc1nc2sc3c(SCC)ncnc3c2c2c1CCC2. The Morgan fingerprint density at radius 1 is 1.17 bits per heavy atom. The normalized spacial score (nSPS) is 14.0. The maximum Gasteiger partial charge on any atom is 0.126 e. The maximum atomic E-state index is 5.06. The van der Waals surface area contributed by atoms with Crippen LogP contribution in [0.15, 0.2) is 11.4 Å². The monoisotopic (exact) mass is 343 g/mol. The van der Waals surface area contributed by atoms with Crippen LogP contribution in [-0.2, 0) is 19.3 Å². The minimum Gasteiger partial charge on any atom is -0.242 e. The molecule has 3 aromatic rings. The molecule has 1 aliphatic carbocycles. The summed E-state index contributed by atoms with van der Waals surface area (Å²) in [7, 11) is 0. The molecule has 4 rings (SSSR count). The molecule has 0 aliphatic heterocycles. The maximum absolute atomic E-state index is 5.06. The van der Waals surface area contributed by atoms with E-state index in [1.165, 1.54) is 63.8 Å². The molecule has 0 atom stereocenters. The molecule has 0 aromatic carbocycles. The van der Waals surface area contributed by atoms with E-state index in [0.717, 1.165) is 22.7 Å². The first kappa shape index (κ1) is 15.3. The highest BCUT2D eigenvalue weighted by Gasteiger charge is 2.23. The number of thiophene rings is 1. The van der Waals surface area contributed by atoms with Crippen molar-refractivity contribution in [2.24, 2.45) is 0 Å². The zero-order valence-electron chi connectivity index (χ0n) is 13.7. The number of hydrogen-bond donors (Lipinski definition) is 0. The smallest absolute Gasteiger partial charge is 0.126 e. The largest absolute Gasteiger partial charge is 0.242 e. The standard InChI is InChI=1S/C18H21N3S2/c1-3-5-9-13-11-7-6-8-12(11)14-15-16(23-17(14)21-13)18(22-4-2)20-10-19-15/h10H,3-9H2,1-2H3. The molecule has 0 unspecified atom stereocenters. The van der Waals surface area contributed by atoms with Gasteiger partial charge >= 0.3 is 0 Å². The van der Waals surface area contributed by atoms with Crippen LogP contribution in [0.1, 0.15) is 49.9 Å². The van der Waals surface area contributed by atoms with E-state index < -0.39 is 0 Å². The van der Waals surface area contributed by atoms with Crippen LogP contribution in [0.5, 0.6) is 0 Å². The van der Waals surface area contributed by atoms with Crippen molar-refractivity contribution in [1.82, 2.24) is 15.0 Å². The summed E-state index contributed by atoms with van der Waals surface area (Å²) in [6, 6.07) is 0. The quantitative estimate of drug-likeness (QED) is 0.472. The van der Waals surface area contributed by atoms with Gasteiger partial charge < -0.3 is 0 Å². The van der Waals surface area contributed by atoms with Crippen molar-refractivity contribution in [2.75, 3.05) is 5.75 Å². The van der Waals surface area contributed by atoms with Crippen molar-refractivity contribution < 1.29 is 0 Å². The Morgan fingerprint density at radius 2 is 2.04 bits per heavy atom. The van der Waals surface area contributed by atoms with Crippen LogP contribution in [0.2, 0.25) is 0 Å². The summed E-state index contributed by atoms with van der Waals surface area (Å²) >= 11 is 3.59. The number of nitrogens with zero attached hydrogens (tertiary/aromatic N) is 3. The highest BCUT2D eigenvalue weighted by molar-refractivity contribution is 7.99. The first-order valence-electron chi connectivity index (χ1n) is 8.54. The van der Waals surface area contributed by atoms with Crippen LogP contribution in [-0.4, -0.2) is 20.7 Å². The van der Waals surface area contributed by atoms with E-state index in [9.17, 15) is 0 Å².